The third-order valence-electron chi connectivity index (χ3n) is 6.38. The first-order valence-corrected chi connectivity index (χ1v) is 14.2. The van der Waals surface area contributed by atoms with E-state index in [9.17, 15) is 44.1 Å². The smallest absolute Gasteiger partial charge is 0.303 e. The number of aliphatic hydroxyl groups excluding tert-OH is 1. The summed E-state index contributed by atoms with van der Waals surface area (Å²) in [5.41, 5.74) is 6.50. The SMILES string of the molecule is CC(C)C[C@H](NC(=O)[C@@H](N)CC(C)C)C(=O)N[C@@H](CCC(=O)O)C(=O)N[C@@H](Cc1ccc(O)cc1)C(=O)N[C@H](C=O)CO. The number of hydrogen-bond acceptors (Lipinski definition) is 9. The number of hydrogen-bond donors (Lipinski definition) is 8. The Morgan fingerprint density at radius 3 is 1.81 bits per heavy atom. The molecule has 1 aromatic rings. The second-order valence-corrected chi connectivity index (χ2v) is 11.3. The van der Waals surface area contributed by atoms with Crippen LogP contribution in [0.2, 0.25) is 0 Å². The summed E-state index contributed by atoms with van der Waals surface area (Å²) in [6.07, 6.45) is -0.0110. The number of phenolic OH excluding ortho intramolecular Hbond substituents is 1. The second-order valence-electron chi connectivity index (χ2n) is 11.3. The zero-order chi connectivity index (χ0) is 32.7. The van der Waals surface area contributed by atoms with E-state index < -0.39 is 72.8 Å². The standard InChI is InChI=1S/C29H45N5O9/c1-16(2)11-21(30)26(40)33-23(12-17(3)4)29(43)32-22(9-10-25(38)39)27(41)34-24(28(42)31-19(14-35)15-36)13-18-5-7-20(37)8-6-18/h5-8,14,16-17,19,21-24,36-37H,9-13,15,30H2,1-4H3,(H,31,42)(H,32,43)(H,33,40)(H,34,41)(H,38,39)/t19-,21+,22+,23+,24+/m1/s1. The number of benzene rings is 1. The zero-order valence-corrected chi connectivity index (χ0v) is 25.0. The van der Waals surface area contributed by atoms with Gasteiger partial charge in [-0.1, -0.05) is 39.8 Å². The lowest BCUT2D eigenvalue weighted by Gasteiger charge is -2.27. The van der Waals surface area contributed by atoms with Crippen molar-refractivity contribution in [1.29, 1.82) is 0 Å². The summed E-state index contributed by atoms with van der Waals surface area (Å²) in [4.78, 5) is 74.9. The van der Waals surface area contributed by atoms with Crippen LogP contribution < -0.4 is 27.0 Å². The molecule has 0 saturated heterocycles. The average molecular weight is 608 g/mol. The fraction of sp³-hybridized carbons (Fsp3) is 0.586. The highest BCUT2D eigenvalue weighted by atomic mass is 16.4. The minimum Gasteiger partial charge on any atom is -0.508 e. The molecule has 5 atom stereocenters. The molecule has 43 heavy (non-hydrogen) atoms. The summed E-state index contributed by atoms with van der Waals surface area (Å²) in [7, 11) is 0. The van der Waals surface area contributed by atoms with Crippen LogP contribution in [-0.2, 0) is 35.2 Å². The molecule has 14 nitrogen and oxygen atoms in total. The Bertz CT molecular complexity index is 1090. The van der Waals surface area contributed by atoms with E-state index in [4.69, 9.17) is 5.73 Å². The minimum atomic E-state index is -1.41. The second kappa shape index (κ2) is 18.5. The number of aliphatic carboxylic acids is 1. The Morgan fingerprint density at radius 1 is 0.791 bits per heavy atom. The van der Waals surface area contributed by atoms with Gasteiger partial charge < -0.3 is 47.1 Å². The summed E-state index contributed by atoms with van der Waals surface area (Å²) in [5.74, 6) is -4.14. The van der Waals surface area contributed by atoms with Gasteiger partial charge in [0, 0.05) is 12.8 Å². The van der Waals surface area contributed by atoms with Crippen LogP contribution in [-0.4, -0.2) is 88.0 Å². The Hall–Kier alpha value is -4.04. The molecule has 0 aromatic heterocycles. The van der Waals surface area contributed by atoms with E-state index in [0.29, 0.717) is 18.3 Å². The molecule has 1 aromatic carbocycles. The highest BCUT2D eigenvalue weighted by Gasteiger charge is 2.32. The van der Waals surface area contributed by atoms with E-state index >= 15 is 0 Å². The van der Waals surface area contributed by atoms with Gasteiger partial charge in [0.15, 0.2) is 0 Å². The lowest BCUT2D eigenvalue weighted by atomic mass is 9.99. The van der Waals surface area contributed by atoms with Gasteiger partial charge in [-0.15, -0.1) is 0 Å². The maximum Gasteiger partial charge on any atom is 0.303 e. The largest absolute Gasteiger partial charge is 0.508 e. The number of carboxylic acids is 1. The molecule has 0 spiro atoms. The first-order valence-electron chi connectivity index (χ1n) is 14.2. The molecule has 4 amide bonds. The number of aldehydes is 1. The van der Waals surface area contributed by atoms with Crippen molar-refractivity contribution in [3.05, 3.63) is 29.8 Å². The van der Waals surface area contributed by atoms with Crippen LogP contribution >= 0.6 is 0 Å². The summed E-state index contributed by atoms with van der Waals surface area (Å²) in [6, 6.07) is -0.112. The average Bonchev–Trinajstić information content (AvgIpc) is 2.93. The van der Waals surface area contributed by atoms with Crippen LogP contribution in [0, 0.1) is 11.8 Å². The molecule has 0 aliphatic heterocycles. The van der Waals surface area contributed by atoms with Crippen LogP contribution in [0.3, 0.4) is 0 Å². The van der Waals surface area contributed by atoms with Crippen LogP contribution in [0.4, 0.5) is 0 Å². The number of carboxylic acid groups (broad SMARTS) is 1. The molecule has 0 radical (unpaired) electrons. The molecule has 0 heterocycles. The monoisotopic (exact) mass is 607 g/mol. The fourth-order valence-electron chi connectivity index (χ4n) is 4.16. The van der Waals surface area contributed by atoms with Crippen LogP contribution in [0.25, 0.3) is 0 Å². The van der Waals surface area contributed by atoms with Crippen molar-refractivity contribution in [2.75, 3.05) is 6.61 Å². The van der Waals surface area contributed by atoms with Gasteiger partial charge in [-0.3, -0.25) is 24.0 Å². The molecule has 0 unspecified atom stereocenters. The Kier molecular flexibility index (Phi) is 15.9. The number of amides is 4. The maximum absolute atomic E-state index is 13.4. The van der Waals surface area contributed by atoms with Crippen molar-refractivity contribution < 1.29 is 44.1 Å². The molecule has 0 fully saturated rings. The Labute approximate surface area is 251 Å². The number of rotatable bonds is 19. The normalized spacial score (nSPS) is 14.6. The van der Waals surface area contributed by atoms with Crippen molar-refractivity contribution in [2.24, 2.45) is 17.6 Å². The third kappa shape index (κ3) is 14.1. The van der Waals surface area contributed by atoms with E-state index in [2.05, 4.69) is 21.3 Å². The van der Waals surface area contributed by atoms with Gasteiger partial charge >= 0.3 is 5.97 Å². The van der Waals surface area contributed by atoms with Crippen molar-refractivity contribution in [2.45, 2.75) is 90.0 Å². The highest BCUT2D eigenvalue weighted by Crippen LogP contribution is 2.13. The molecule has 0 saturated carbocycles. The molecular weight excluding hydrogens is 562 g/mol. The number of carbonyl (C=O) groups excluding carboxylic acids is 5. The van der Waals surface area contributed by atoms with Gasteiger partial charge in [0.1, 0.15) is 36.2 Å². The summed E-state index contributed by atoms with van der Waals surface area (Å²) in [5, 5.41) is 38.1. The highest BCUT2D eigenvalue weighted by molar-refractivity contribution is 5.95. The van der Waals surface area contributed by atoms with E-state index in [1.807, 2.05) is 27.7 Å². The van der Waals surface area contributed by atoms with Gasteiger partial charge in [0.25, 0.3) is 0 Å². The van der Waals surface area contributed by atoms with Gasteiger partial charge in [-0.05, 0) is 48.8 Å². The quantitative estimate of drug-likeness (QED) is 0.0925. The lowest BCUT2D eigenvalue weighted by Crippen LogP contribution is -2.59. The Balaban J connectivity index is 3.23. The van der Waals surface area contributed by atoms with Crippen molar-refractivity contribution >= 4 is 35.9 Å². The topological polar surface area (TPSA) is 237 Å². The summed E-state index contributed by atoms with van der Waals surface area (Å²) in [6.45, 7) is 6.78. The molecular formula is C29H45N5O9. The predicted octanol–water partition coefficient (Wildman–Crippen LogP) is -0.651. The number of aliphatic hydroxyl groups is 1. The first-order chi connectivity index (χ1) is 20.2. The van der Waals surface area contributed by atoms with E-state index in [0.717, 1.165) is 0 Å². The van der Waals surface area contributed by atoms with Gasteiger partial charge in [0.2, 0.25) is 23.6 Å². The van der Waals surface area contributed by atoms with Crippen molar-refractivity contribution in [3.63, 3.8) is 0 Å². The van der Waals surface area contributed by atoms with Gasteiger partial charge in [-0.25, -0.2) is 0 Å². The Morgan fingerprint density at radius 2 is 1.30 bits per heavy atom. The van der Waals surface area contributed by atoms with Crippen LogP contribution in [0.1, 0.15) is 58.9 Å². The molecule has 1 rings (SSSR count). The molecule has 9 N–H and O–H groups in total. The van der Waals surface area contributed by atoms with Crippen LogP contribution in [0.15, 0.2) is 24.3 Å². The number of aromatic hydroxyl groups is 1. The van der Waals surface area contributed by atoms with Crippen molar-refractivity contribution in [3.8, 4) is 5.75 Å². The van der Waals surface area contributed by atoms with Gasteiger partial charge in [-0.2, -0.15) is 0 Å². The molecule has 0 bridgehead atoms. The van der Waals surface area contributed by atoms with Crippen molar-refractivity contribution in [1.82, 2.24) is 21.3 Å². The number of carbonyl (C=O) groups is 6. The first kappa shape index (κ1) is 37.0. The fourth-order valence-corrected chi connectivity index (χ4v) is 4.16. The molecule has 14 heteroatoms. The minimum absolute atomic E-state index is 0.0280. The molecule has 0 aliphatic carbocycles. The maximum atomic E-state index is 13.4. The summed E-state index contributed by atoms with van der Waals surface area (Å²) >= 11 is 0. The summed E-state index contributed by atoms with van der Waals surface area (Å²) < 4.78 is 0. The zero-order valence-electron chi connectivity index (χ0n) is 25.0. The molecule has 240 valence electrons. The number of nitrogens with one attached hydrogen (secondary N) is 4. The lowest BCUT2D eigenvalue weighted by molar-refractivity contribution is -0.138. The van der Waals surface area contributed by atoms with Crippen LogP contribution in [0.5, 0.6) is 5.75 Å². The number of nitrogens with two attached hydrogens (primary N) is 1. The molecule has 0 aliphatic rings. The van der Waals surface area contributed by atoms with E-state index in [1.165, 1.54) is 24.3 Å². The number of phenols is 1. The van der Waals surface area contributed by atoms with Gasteiger partial charge in [0.05, 0.1) is 12.6 Å². The van der Waals surface area contributed by atoms with E-state index in [-0.39, 0.29) is 36.8 Å². The third-order valence-corrected chi connectivity index (χ3v) is 6.38. The predicted molar refractivity (Wildman–Crippen MR) is 156 cm³/mol. The van der Waals surface area contributed by atoms with E-state index in [1.54, 1.807) is 0 Å².